The Bertz CT molecular complexity index is 1020. The molecule has 1 aliphatic carbocycles. The van der Waals surface area contributed by atoms with Crippen molar-refractivity contribution in [3.63, 3.8) is 0 Å². The summed E-state index contributed by atoms with van der Waals surface area (Å²) in [6.45, 7) is 9.15. The summed E-state index contributed by atoms with van der Waals surface area (Å²) in [6.07, 6.45) is 2.21. The summed E-state index contributed by atoms with van der Waals surface area (Å²) in [5.41, 5.74) is 2.25. The number of carboxylic acid groups (broad SMARTS) is 1. The van der Waals surface area contributed by atoms with Crippen LogP contribution in [-0.4, -0.2) is 29.5 Å². The first-order valence-electron chi connectivity index (χ1n) is 11.3. The molecular weight excluding hydrogens is 440 g/mol. The summed E-state index contributed by atoms with van der Waals surface area (Å²) in [7, 11) is 0. The van der Waals surface area contributed by atoms with Gasteiger partial charge >= 0.3 is 5.97 Å². The van der Waals surface area contributed by atoms with Crippen LogP contribution in [0.3, 0.4) is 0 Å². The molecular formula is C25H32N2O5S. The topological polar surface area (TPSA) is 105 Å². The standard InChI is InChI=1S/C25H32N2O5S/c1-5-32-17-9-7-16(8-10-17)26-23(31)22-18-11-6-15(25(2,3)4)14-19(18)33-24(22)27-20(28)12-13-21(29)30/h7-10,15H,5-6,11-14H2,1-4H3,(H,26,31)(H,27,28)(H,29,30)/t15-/m1/s1. The van der Waals surface area contributed by atoms with Crippen LogP contribution in [0, 0.1) is 11.3 Å². The Morgan fingerprint density at radius 3 is 2.42 bits per heavy atom. The molecule has 1 aromatic heterocycles. The van der Waals surface area contributed by atoms with Crippen LogP contribution in [0.4, 0.5) is 10.7 Å². The molecule has 0 aliphatic heterocycles. The monoisotopic (exact) mass is 472 g/mol. The summed E-state index contributed by atoms with van der Waals surface area (Å²) in [5, 5.41) is 15.1. The first-order chi connectivity index (χ1) is 15.6. The zero-order valence-corrected chi connectivity index (χ0v) is 20.4. The highest BCUT2D eigenvalue weighted by Gasteiger charge is 2.34. The minimum atomic E-state index is -1.03. The number of anilines is 2. The van der Waals surface area contributed by atoms with Crippen molar-refractivity contribution in [1.82, 2.24) is 0 Å². The van der Waals surface area contributed by atoms with Crippen molar-refractivity contribution in [2.75, 3.05) is 17.2 Å². The fourth-order valence-electron chi connectivity index (χ4n) is 4.06. The Morgan fingerprint density at radius 1 is 1.12 bits per heavy atom. The number of nitrogens with one attached hydrogen (secondary N) is 2. The van der Waals surface area contributed by atoms with E-state index in [0.717, 1.165) is 35.5 Å². The Kier molecular flexibility index (Phi) is 7.79. The molecule has 0 unspecified atom stereocenters. The molecule has 1 heterocycles. The Hall–Kier alpha value is -2.87. The van der Waals surface area contributed by atoms with E-state index in [2.05, 4.69) is 31.4 Å². The highest BCUT2D eigenvalue weighted by atomic mass is 32.1. The fourth-order valence-corrected chi connectivity index (χ4v) is 5.40. The summed E-state index contributed by atoms with van der Waals surface area (Å²) in [4.78, 5) is 37.7. The van der Waals surface area contributed by atoms with Gasteiger partial charge in [0.2, 0.25) is 5.91 Å². The van der Waals surface area contributed by atoms with Gasteiger partial charge in [-0.1, -0.05) is 20.8 Å². The maximum absolute atomic E-state index is 13.3. The van der Waals surface area contributed by atoms with Gasteiger partial charge in [0.05, 0.1) is 18.6 Å². The number of ether oxygens (including phenoxy) is 1. The lowest BCUT2D eigenvalue weighted by atomic mass is 9.72. The van der Waals surface area contributed by atoms with Crippen LogP contribution < -0.4 is 15.4 Å². The third kappa shape index (κ3) is 6.35. The zero-order valence-electron chi connectivity index (χ0n) is 19.6. The Morgan fingerprint density at radius 2 is 1.82 bits per heavy atom. The van der Waals surface area contributed by atoms with Gasteiger partial charge in [0.1, 0.15) is 10.8 Å². The minimum absolute atomic E-state index is 0.136. The second-order valence-electron chi connectivity index (χ2n) is 9.37. The molecule has 0 radical (unpaired) electrons. The SMILES string of the molecule is CCOc1ccc(NC(=O)c2c(NC(=O)CCC(=O)O)sc3c2CC[C@@H](C(C)(C)C)C3)cc1. The molecule has 33 heavy (non-hydrogen) atoms. The van der Waals surface area contributed by atoms with Gasteiger partial charge in [-0.2, -0.15) is 0 Å². The van der Waals surface area contributed by atoms with Crippen molar-refractivity contribution < 1.29 is 24.2 Å². The van der Waals surface area contributed by atoms with Crippen molar-refractivity contribution in [2.45, 2.75) is 59.8 Å². The van der Waals surface area contributed by atoms with Gasteiger partial charge in [-0.25, -0.2) is 0 Å². The molecule has 0 saturated carbocycles. The van der Waals surface area contributed by atoms with E-state index in [-0.39, 0.29) is 24.2 Å². The van der Waals surface area contributed by atoms with Crippen molar-refractivity contribution in [2.24, 2.45) is 11.3 Å². The van der Waals surface area contributed by atoms with Gasteiger partial charge in [-0.15, -0.1) is 11.3 Å². The second kappa shape index (κ2) is 10.4. The molecule has 1 aliphatic rings. The van der Waals surface area contributed by atoms with Crippen molar-refractivity contribution in [3.8, 4) is 5.75 Å². The van der Waals surface area contributed by atoms with Crippen LogP contribution in [0.5, 0.6) is 5.75 Å². The first-order valence-corrected chi connectivity index (χ1v) is 12.1. The zero-order chi connectivity index (χ0) is 24.2. The average Bonchev–Trinajstić information content (AvgIpc) is 3.10. The predicted molar refractivity (Wildman–Crippen MR) is 130 cm³/mol. The third-order valence-electron chi connectivity index (χ3n) is 5.96. The maximum Gasteiger partial charge on any atom is 0.303 e. The Balaban J connectivity index is 1.87. The summed E-state index contributed by atoms with van der Waals surface area (Å²) in [5.74, 6) is -0.501. The third-order valence-corrected chi connectivity index (χ3v) is 7.13. The number of benzene rings is 1. The summed E-state index contributed by atoms with van der Waals surface area (Å²) in [6, 6.07) is 7.15. The number of carbonyl (C=O) groups is 3. The number of carbonyl (C=O) groups excluding carboxylic acids is 2. The van der Waals surface area contributed by atoms with Crippen LogP contribution in [0.1, 0.15) is 67.8 Å². The van der Waals surface area contributed by atoms with E-state index in [0.29, 0.717) is 28.8 Å². The van der Waals surface area contributed by atoms with Crippen LogP contribution in [-0.2, 0) is 22.4 Å². The number of hydrogen-bond acceptors (Lipinski definition) is 5. The molecule has 0 fully saturated rings. The highest BCUT2D eigenvalue weighted by molar-refractivity contribution is 7.17. The van der Waals surface area contributed by atoms with Crippen LogP contribution >= 0.6 is 11.3 Å². The van der Waals surface area contributed by atoms with Gasteiger partial charge in [-0.3, -0.25) is 14.4 Å². The lowest BCUT2D eigenvalue weighted by Crippen LogP contribution is -2.27. The molecule has 2 aromatic rings. The van der Waals surface area contributed by atoms with Gasteiger partial charge in [-0.05, 0) is 67.3 Å². The van der Waals surface area contributed by atoms with Crippen LogP contribution in [0.2, 0.25) is 0 Å². The molecule has 0 spiro atoms. The second-order valence-corrected chi connectivity index (χ2v) is 10.5. The lowest BCUT2D eigenvalue weighted by molar-refractivity contribution is -0.138. The minimum Gasteiger partial charge on any atom is -0.494 e. The molecule has 8 heteroatoms. The Labute approximate surface area is 198 Å². The number of carboxylic acids is 1. The molecule has 178 valence electrons. The molecule has 0 bridgehead atoms. The maximum atomic E-state index is 13.3. The van der Waals surface area contributed by atoms with Gasteiger partial charge in [0, 0.05) is 17.0 Å². The van der Waals surface area contributed by atoms with E-state index < -0.39 is 11.9 Å². The van der Waals surface area contributed by atoms with E-state index in [9.17, 15) is 14.4 Å². The molecule has 7 nitrogen and oxygen atoms in total. The number of hydrogen-bond donors (Lipinski definition) is 3. The largest absolute Gasteiger partial charge is 0.494 e. The number of fused-ring (bicyclic) bond motifs is 1. The smallest absolute Gasteiger partial charge is 0.303 e. The van der Waals surface area contributed by atoms with Gasteiger partial charge in [0.15, 0.2) is 0 Å². The number of thiophene rings is 1. The summed E-state index contributed by atoms with van der Waals surface area (Å²) >= 11 is 1.43. The van der Waals surface area contributed by atoms with E-state index in [4.69, 9.17) is 9.84 Å². The molecule has 1 aromatic carbocycles. The van der Waals surface area contributed by atoms with E-state index in [1.54, 1.807) is 24.3 Å². The van der Waals surface area contributed by atoms with Crippen LogP contribution in [0.15, 0.2) is 24.3 Å². The summed E-state index contributed by atoms with van der Waals surface area (Å²) < 4.78 is 5.45. The van der Waals surface area contributed by atoms with Gasteiger partial charge < -0.3 is 20.5 Å². The van der Waals surface area contributed by atoms with E-state index in [1.165, 1.54) is 11.3 Å². The average molecular weight is 473 g/mol. The van der Waals surface area contributed by atoms with E-state index >= 15 is 0 Å². The van der Waals surface area contributed by atoms with Crippen molar-refractivity contribution in [3.05, 3.63) is 40.3 Å². The fraction of sp³-hybridized carbons (Fsp3) is 0.480. The number of aliphatic carboxylic acids is 1. The number of amides is 2. The van der Waals surface area contributed by atoms with Gasteiger partial charge in [0.25, 0.3) is 5.91 Å². The van der Waals surface area contributed by atoms with E-state index in [1.807, 2.05) is 6.92 Å². The van der Waals surface area contributed by atoms with Crippen molar-refractivity contribution in [1.29, 1.82) is 0 Å². The first kappa shape index (κ1) is 24.8. The number of rotatable bonds is 8. The quantitative estimate of drug-likeness (QED) is 0.480. The molecule has 3 N–H and O–H groups in total. The van der Waals surface area contributed by atoms with Crippen molar-refractivity contribution >= 4 is 39.8 Å². The van der Waals surface area contributed by atoms with Crippen LogP contribution in [0.25, 0.3) is 0 Å². The predicted octanol–water partition coefficient (Wildman–Crippen LogP) is 5.35. The molecule has 1 atom stereocenters. The normalized spacial score (nSPS) is 15.5. The highest BCUT2D eigenvalue weighted by Crippen LogP contribution is 2.44. The molecule has 2 amide bonds. The molecule has 0 saturated heterocycles. The molecule has 3 rings (SSSR count). The lowest BCUT2D eigenvalue weighted by Gasteiger charge is -2.33.